The minimum absolute atomic E-state index is 0.0143. The SMILES string of the molecule is O=S(=O)(CCSc1nnc(C2CCCCC2)o1)c1ccc(Cl)cc1. The van der Waals surface area contributed by atoms with Crippen LogP contribution in [0.2, 0.25) is 5.02 Å². The van der Waals surface area contributed by atoms with Crippen LogP contribution in [0.4, 0.5) is 0 Å². The summed E-state index contributed by atoms with van der Waals surface area (Å²) in [6, 6.07) is 6.21. The largest absolute Gasteiger partial charge is 0.416 e. The summed E-state index contributed by atoms with van der Waals surface area (Å²) in [5.74, 6) is 1.44. The molecule has 5 nitrogen and oxygen atoms in total. The maximum absolute atomic E-state index is 12.3. The average Bonchev–Trinajstić information content (AvgIpc) is 3.05. The molecule has 1 saturated carbocycles. The van der Waals surface area contributed by atoms with Crippen molar-refractivity contribution >= 4 is 33.2 Å². The Kier molecular flexibility index (Phi) is 5.84. The smallest absolute Gasteiger partial charge is 0.276 e. The Bertz CT molecular complexity index is 769. The van der Waals surface area contributed by atoms with Crippen molar-refractivity contribution < 1.29 is 12.8 Å². The summed E-state index contributed by atoms with van der Waals surface area (Å²) in [4.78, 5) is 0.279. The summed E-state index contributed by atoms with van der Waals surface area (Å²) in [5.41, 5.74) is 0. The van der Waals surface area contributed by atoms with Gasteiger partial charge in [-0.25, -0.2) is 8.42 Å². The third kappa shape index (κ3) is 4.52. The van der Waals surface area contributed by atoms with Crippen LogP contribution >= 0.6 is 23.4 Å². The number of rotatable bonds is 6. The fourth-order valence-corrected chi connectivity index (χ4v) is 5.33. The molecule has 0 radical (unpaired) electrons. The highest BCUT2D eigenvalue weighted by Gasteiger charge is 2.22. The molecule has 0 amide bonds. The molecule has 1 fully saturated rings. The van der Waals surface area contributed by atoms with E-state index < -0.39 is 9.84 Å². The number of thioether (sulfide) groups is 1. The zero-order valence-corrected chi connectivity index (χ0v) is 15.5. The summed E-state index contributed by atoms with van der Waals surface area (Å²) in [6.07, 6.45) is 5.87. The Balaban J connectivity index is 1.54. The summed E-state index contributed by atoms with van der Waals surface area (Å²) in [6.45, 7) is 0. The quantitative estimate of drug-likeness (QED) is 0.687. The second-order valence-electron chi connectivity index (χ2n) is 5.86. The first-order valence-electron chi connectivity index (χ1n) is 7.99. The predicted octanol–water partition coefficient (Wildman–Crippen LogP) is 4.34. The lowest BCUT2D eigenvalue weighted by atomic mass is 9.89. The molecule has 1 aliphatic rings. The van der Waals surface area contributed by atoms with Crippen molar-refractivity contribution in [3.05, 3.63) is 35.2 Å². The summed E-state index contributed by atoms with van der Waals surface area (Å²) >= 11 is 7.07. The first kappa shape index (κ1) is 17.8. The van der Waals surface area contributed by atoms with Crippen LogP contribution in [0.3, 0.4) is 0 Å². The molecule has 0 saturated heterocycles. The van der Waals surface area contributed by atoms with Gasteiger partial charge in [-0.05, 0) is 37.1 Å². The number of nitrogens with zero attached hydrogens (tertiary/aromatic N) is 2. The Hall–Kier alpha value is -1.05. The number of aromatic nitrogens is 2. The third-order valence-corrected chi connectivity index (χ3v) is 7.19. The van der Waals surface area contributed by atoms with Crippen LogP contribution in [0.15, 0.2) is 38.8 Å². The molecule has 8 heteroatoms. The van der Waals surface area contributed by atoms with Crippen molar-refractivity contribution in [1.82, 2.24) is 10.2 Å². The van der Waals surface area contributed by atoms with Gasteiger partial charge >= 0.3 is 0 Å². The monoisotopic (exact) mass is 386 g/mol. The highest BCUT2D eigenvalue weighted by molar-refractivity contribution is 8.00. The molecule has 0 bridgehead atoms. The van der Waals surface area contributed by atoms with Crippen molar-refractivity contribution in [2.45, 2.75) is 48.1 Å². The van der Waals surface area contributed by atoms with Gasteiger partial charge in [0.25, 0.3) is 5.22 Å². The number of benzene rings is 1. The average molecular weight is 387 g/mol. The van der Waals surface area contributed by atoms with Gasteiger partial charge in [0, 0.05) is 16.7 Å². The van der Waals surface area contributed by atoms with Crippen molar-refractivity contribution in [2.75, 3.05) is 11.5 Å². The number of hydrogen-bond acceptors (Lipinski definition) is 6. The maximum Gasteiger partial charge on any atom is 0.276 e. The number of halogens is 1. The van der Waals surface area contributed by atoms with Gasteiger partial charge in [0.1, 0.15) is 0 Å². The fraction of sp³-hybridized carbons (Fsp3) is 0.500. The highest BCUT2D eigenvalue weighted by atomic mass is 35.5. The molecule has 2 aromatic rings. The molecule has 130 valence electrons. The predicted molar refractivity (Wildman–Crippen MR) is 94.4 cm³/mol. The molecule has 3 rings (SSSR count). The van der Waals surface area contributed by atoms with Gasteiger partial charge in [-0.3, -0.25) is 0 Å². The maximum atomic E-state index is 12.3. The molecular formula is C16H19ClN2O3S2. The molecular weight excluding hydrogens is 368 g/mol. The minimum atomic E-state index is -3.33. The first-order valence-corrected chi connectivity index (χ1v) is 11.0. The van der Waals surface area contributed by atoms with Crippen LogP contribution in [-0.2, 0) is 9.84 Å². The molecule has 0 atom stereocenters. The van der Waals surface area contributed by atoms with Crippen LogP contribution in [0.5, 0.6) is 0 Å². The van der Waals surface area contributed by atoms with E-state index in [1.165, 1.54) is 43.2 Å². The topological polar surface area (TPSA) is 73.1 Å². The summed E-state index contributed by atoms with van der Waals surface area (Å²) in [5, 5.41) is 9.11. The van der Waals surface area contributed by atoms with E-state index in [0.717, 1.165) is 12.8 Å². The van der Waals surface area contributed by atoms with E-state index in [4.69, 9.17) is 16.0 Å². The Morgan fingerprint density at radius 1 is 1.12 bits per heavy atom. The van der Waals surface area contributed by atoms with E-state index in [0.29, 0.717) is 27.8 Å². The second-order valence-corrected chi connectivity index (χ2v) is 9.45. The van der Waals surface area contributed by atoms with Crippen molar-refractivity contribution in [3.63, 3.8) is 0 Å². The van der Waals surface area contributed by atoms with E-state index in [9.17, 15) is 8.42 Å². The van der Waals surface area contributed by atoms with E-state index >= 15 is 0 Å². The first-order chi connectivity index (χ1) is 11.5. The third-order valence-electron chi connectivity index (χ3n) is 4.13. The molecule has 0 unspecified atom stereocenters. The Morgan fingerprint density at radius 2 is 1.83 bits per heavy atom. The van der Waals surface area contributed by atoms with Crippen molar-refractivity contribution in [2.24, 2.45) is 0 Å². The lowest BCUT2D eigenvalue weighted by molar-refractivity contribution is 0.334. The lowest BCUT2D eigenvalue weighted by Gasteiger charge is -2.17. The van der Waals surface area contributed by atoms with E-state index in [1.54, 1.807) is 12.1 Å². The molecule has 1 aliphatic carbocycles. The molecule has 1 aromatic carbocycles. The van der Waals surface area contributed by atoms with Gasteiger partial charge in [-0.2, -0.15) is 0 Å². The second kappa shape index (κ2) is 7.89. The molecule has 1 aromatic heterocycles. The lowest BCUT2D eigenvalue weighted by Crippen LogP contribution is -2.08. The summed E-state index contributed by atoms with van der Waals surface area (Å²) < 4.78 is 30.2. The van der Waals surface area contributed by atoms with E-state index in [-0.39, 0.29) is 10.6 Å². The highest BCUT2D eigenvalue weighted by Crippen LogP contribution is 2.33. The van der Waals surface area contributed by atoms with Crippen LogP contribution in [0.1, 0.15) is 43.9 Å². The van der Waals surface area contributed by atoms with E-state index in [2.05, 4.69) is 10.2 Å². The fourth-order valence-electron chi connectivity index (χ4n) is 2.79. The molecule has 0 spiro atoms. The Labute approximate surface area is 151 Å². The van der Waals surface area contributed by atoms with E-state index in [1.807, 2.05) is 0 Å². The Morgan fingerprint density at radius 3 is 2.54 bits per heavy atom. The van der Waals surface area contributed by atoms with Gasteiger partial charge in [0.15, 0.2) is 9.84 Å². The van der Waals surface area contributed by atoms with Gasteiger partial charge in [0.05, 0.1) is 10.6 Å². The van der Waals surface area contributed by atoms with Crippen LogP contribution in [0, 0.1) is 0 Å². The zero-order valence-electron chi connectivity index (χ0n) is 13.2. The number of hydrogen-bond donors (Lipinski definition) is 0. The number of sulfone groups is 1. The summed E-state index contributed by atoms with van der Waals surface area (Å²) in [7, 11) is -3.33. The van der Waals surface area contributed by atoms with Gasteiger partial charge in [-0.1, -0.05) is 42.6 Å². The molecule has 0 N–H and O–H groups in total. The van der Waals surface area contributed by atoms with Gasteiger partial charge < -0.3 is 4.42 Å². The molecule has 1 heterocycles. The van der Waals surface area contributed by atoms with Crippen molar-refractivity contribution in [3.8, 4) is 0 Å². The standard InChI is InChI=1S/C16H19ClN2O3S2/c17-13-6-8-14(9-7-13)24(20,21)11-10-23-16-19-18-15(22-16)12-4-2-1-3-5-12/h6-9,12H,1-5,10-11H2. The van der Waals surface area contributed by atoms with Crippen LogP contribution in [0.25, 0.3) is 0 Å². The van der Waals surface area contributed by atoms with Gasteiger partial charge in [-0.15, -0.1) is 10.2 Å². The van der Waals surface area contributed by atoms with Gasteiger partial charge in [0.2, 0.25) is 5.89 Å². The van der Waals surface area contributed by atoms with Crippen LogP contribution < -0.4 is 0 Å². The van der Waals surface area contributed by atoms with Crippen molar-refractivity contribution in [1.29, 1.82) is 0 Å². The molecule has 24 heavy (non-hydrogen) atoms. The normalized spacial score (nSPS) is 16.4. The zero-order chi connectivity index (χ0) is 17.0. The van der Waals surface area contributed by atoms with Crippen LogP contribution in [-0.4, -0.2) is 30.1 Å². The molecule has 0 aliphatic heterocycles. The minimum Gasteiger partial charge on any atom is -0.416 e.